The Morgan fingerprint density at radius 1 is 0.933 bits per heavy atom. The van der Waals surface area contributed by atoms with Gasteiger partial charge in [-0.3, -0.25) is 0 Å². The lowest BCUT2D eigenvalue weighted by Gasteiger charge is -2.20. The summed E-state index contributed by atoms with van der Waals surface area (Å²) in [5, 5.41) is 9.92. The second-order valence-electron chi connectivity index (χ2n) is 5.38. The van der Waals surface area contributed by atoms with Crippen molar-refractivity contribution in [2.24, 2.45) is 11.8 Å². The number of unbranched alkanes of at least 4 members (excludes halogenated alkanes) is 4. The van der Waals surface area contributed by atoms with Crippen molar-refractivity contribution in [2.75, 3.05) is 0 Å². The van der Waals surface area contributed by atoms with Crippen molar-refractivity contribution >= 4 is 0 Å². The van der Waals surface area contributed by atoms with E-state index in [1.807, 2.05) is 0 Å². The van der Waals surface area contributed by atoms with Crippen molar-refractivity contribution in [2.45, 2.75) is 78.7 Å². The standard InChI is InChI=1S/C14H30O/c1-5-6-7-8-9-10-14(15)13(4)11-12(2)3/h12-15H,5-11H2,1-4H3. The summed E-state index contributed by atoms with van der Waals surface area (Å²) in [4.78, 5) is 0. The lowest BCUT2D eigenvalue weighted by atomic mass is 9.91. The minimum Gasteiger partial charge on any atom is -0.393 e. The molecule has 0 rings (SSSR count). The van der Waals surface area contributed by atoms with E-state index >= 15 is 0 Å². The highest BCUT2D eigenvalue weighted by Crippen LogP contribution is 2.19. The Morgan fingerprint density at radius 2 is 1.53 bits per heavy atom. The lowest BCUT2D eigenvalue weighted by molar-refractivity contribution is 0.0933. The third kappa shape index (κ3) is 8.92. The molecule has 0 radical (unpaired) electrons. The molecule has 0 bridgehead atoms. The predicted octanol–water partition coefficient (Wildman–Crippen LogP) is 4.39. The minimum atomic E-state index is -0.0750. The Morgan fingerprint density at radius 3 is 2.07 bits per heavy atom. The van der Waals surface area contributed by atoms with Gasteiger partial charge in [-0.15, -0.1) is 0 Å². The van der Waals surface area contributed by atoms with Gasteiger partial charge in [-0.25, -0.2) is 0 Å². The van der Waals surface area contributed by atoms with Crippen LogP contribution < -0.4 is 0 Å². The van der Waals surface area contributed by atoms with Gasteiger partial charge < -0.3 is 5.11 Å². The Hall–Kier alpha value is -0.0400. The van der Waals surface area contributed by atoms with Gasteiger partial charge in [-0.2, -0.15) is 0 Å². The molecule has 0 amide bonds. The molecule has 0 aromatic heterocycles. The molecule has 92 valence electrons. The summed E-state index contributed by atoms with van der Waals surface area (Å²) in [7, 11) is 0. The van der Waals surface area contributed by atoms with Gasteiger partial charge in [-0.1, -0.05) is 59.8 Å². The van der Waals surface area contributed by atoms with E-state index in [0.29, 0.717) is 11.8 Å². The highest BCUT2D eigenvalue weighted by molar-refractivity contribution is 4.66. The highest BCUT2D eigenvalue weighted by atomic mass is 16.3. The third-order valence-electron chi connectivity index (χ3n) is 3.10. The Kier molecular flexibility index (Phi) is 9.18. The summed E-state index contributed by atoms with van der Waals surface area (Å²) in [6.07, 6.45) is 8.54. The quantitative estimate of drug-likeness (QED) is 0.564. The fourth-order valence-electron chi connectivity index (χ4n) is 2.14. The summed E-state index contributed by atoms with van der Waals surface area (Å²) in [6, 6.07) is 0. The van der Waals surface area contributed by atoms with Crippen LogP contribution >= 0.6 is 0 Å². The van der Waals surface area contributed by atoms with Gasteiger partial charge in [0.15, 0.2) is 0 Å². The van der Waals surface area contributed by atoms with Crippen molar-refractivity contribution in [3.05, 3.63) is 0 Å². The van der Waals surface area contributed by atoms with Crippen LogP contribution in [0.25, 0.3) is 0 Å². The van der Waals surface area contributed by atoms with Crippen LogP contribution in [0.15, 0.2) is 0 Å². The van der Waals surface area contributed by atoms with E-state index in [2.05, 4.69) is 27.7 Å². The molecule has 0 aliphatic carbocycles. The van der Waals surface area contributed by atoms with Gasteiger partial charge in [0.1, 0.15) is 0 Å². The highest BCUT2D eigenvalue weighted by Gasteiger charge is 2.14. The van der Waals surface area contributed by atoms with Crippen LogP contribution in [0.2, 0.25) is 0 Å². The number of aliphatic hydroxyl groups excluding tert-OH is 1. The first-order valence-corrected chi connectivity index (χ1v) is 6.76. The van der Waals surface area contributed by atoms with Crippen LogP contribution in [-0.4, -0.2) is 11.2 Å². The maximum Gasteiger partial charge on any atom is 0.0565 e. The lowest BCUT2D eigenvalue weighted by Crippen LogP contribution is -2.19. The molecule has 1 N–H and O–H groups in total. The fraction of sp³-hybridized carbons (Fsp3) is 1.00. The Balaban J connectivity index is 3.42. The van der Waals surface area contributed by atoms with Crippen LogP contribution in [-0.2, 0) is 0 Å². The van der Waals surface area contributed by atoms with Crippen LogP contribution in [0.1, 0.15) is 72.6 Å². The molecule has 0 aliphatic rings. The molecule has 1 nitrogen and oxygen atoms in total. The summed E-state index contributed by atoms with van der Waals surface area (Å²) in [6.45, 7) is 8.87. The molecule has 15 heavy (non-hydrogen) atoms. The van der Waals surface area contributed by atoms with Crippen molar-refractivity contribution < 1.29 is 5.11 Å². The molecule has 0 aromatic rings. The molecule has 0 saturated heterocycles. The molecule has 0 saturated carbocycles. The SMILES string of the molecule is CCCCCCCC(O)C(C)CC(C)C. The number of hydrogen-bond donors (Lipinski definition) is 1. The predicted molar refractivity (Wildman–Crippen MR) is 68.0 cm³/mol. The van der Waals surface area contributed by atoms with Gasteiger partial charge in [-0.05, 0) is 24.7 Å². The topological polar surface area (TPSA) is 20.2 Å². The summed E-state index contributed by atoms with van der Waals surface area (Å²) < 4.78 is 0. The van der Waals surface area contributed by atoms with Crippen LogP contribution in [0.3, 0.4) is 0 Å². The zero-order valence-corrected chi connectivity index (χ0v) is 11.1. The zero-order chi connectivity index (χ0) is 11.7. The first-order chi connectivity index (χ1) is 7.07. The number of rotatable bonds is 9. The molecule has 1 heteroatoms. The average molecular weight is 214 g/mol. The van der Waals surface area contributed by atoms with Gasteiger partial charge in [0.2, 0.25) is 0 Å². The third-order valence-corrected chi connectivity index (χ3v) is 3.10. The number of hydrogen-bond acceptors (Lipinski definition) is 1. The maximum atomic E-state index is 9.92. The van der Waals surface area contributed by atoms with E-state index in [4.69, 9.17) is 0 Å². The largest absolute Gasteiger partial charge is 0.393 e. The van der Waals surface area contributed by atoms with Crippen LogP contribution in [0.4, 0.5) is 0 Å². The van der Waals surface area contributed by atoms with E-state index in [-0.39, 0.29) is 6.10 Å². The van der Waals surface area contributed by atoms with Gasteiger partial charge in [0.05, 0.1) is 6.10 Å². The van der Waals surface area contributed by atoms with Gasteiger partial charge >= 0.3 is 0 Å². The molecule has 2 unspecified atom stereocenters. The van der Waals surface area contributed by atoms with Crippen LogP contribution in [0.5, 0.6) is 0 Å². The summed E-state index contributed by atoms with van der Waals surface area (Å²) in [5.41, 5.74) is 0. The van der Waals surface area contributed by atoms with Crippen molar-refractivity contribution in [1.29, 1.82) is 0 Å². The second-order valence-corrected chi connectivity index (χ2v) is 5.38. The molecule has 2 atom stereocenters. The molecule has 0 fully saturated rings. The Labute approximate surface area is 96.3 Å². The normalized spacial score (nSPS) is 15.6. The maximum absolute atomic E-state index is 9.92. The molecule has 0 aromatic carbocycles. The van der Waals surface area contributed by atoms with E-state index in [0.717, 1.165) is 12.8 Å². The second kappa shape index (κ2) is 9.21. The smallest absolute Gasteiger partial charge is 0.0565 e. The summed E-state index contributed by atoms with van der Waals surface area (Å²) in [5.74, 6) is 1.17. The van der Waals surface area contributed by atoms with Gasteiger partial charge in [0, 0.05) is 0 Å². The van der Waals surface area contributed by atoms with Crippen LogP contribution in [0, 0.1) is 11.8 Å². The average Bonchev–Trinajstić information content (AvgIpc) is 2.16. The Bertz CT molecular complexity index is 131. The molecule has 0 aliphatic heterocycles. The first-order valence-electron chi connectivity index (χ1n) is 6.76. The van der Waals surface area contributed by atoms with Crippen molar-refractivity contribution in [1.82, 2.24) is 0 Å². The van der Waals surface area contributed by atoms with E-state index < -0.39 is 0 Å². The monoisotopic (exact) mass is 214 g/mol. The molecular weight excluding hydrogens is 184 g/mol. The minimum absolute atomic E-state index is 0.0750. The van der Waals surface area contributed by atoms with E-state index in [9.17, 15) is 5.11 Å². The van der Waals surface area contributed by atoms with Crippen molar-refractivity contribution in [3.63, 3.8) is 0 Å². The molecular formula is C14H30O. The van der Waals surface area contributed by atoms with Crippen molar-refractivity contribution in [3.8, 4) is 0 Å². The molecule has 0 spiro atoms. The molecule has 0 heterocycles. The number of aliphatic hydroxyl groups is 1. The van der Waals surface area contributed by atoms with Gasteiger partial charge in [0.25, 0.3) is 0 Å². The van der Waals surface area contributed by atoms with E-state index in [1.54, 1.807) is 0 Å². The first kappa shape index (κ1) is 15.0. The summed E-state index contributed by atoms with van der Waals surface area (Å²) >= 11 is 0. The zero-order valence-electron chi connectivity index (χ0n) is 11.1. The van der Waals surface area contributed by atoms with E-state index in [1.165, 1.54) is 32.1 Å². The fourth-order valence-corrected chi connectivity index (χ4v) is 2.14.